The van der Waals surface area contributed by atoms with Crippen LogP contribution in [0, 0.1) is 5.92 Å². The highest BCUT2D eigenvalue weighted by atomic mass is 16.5. The number of ether oxygens (including phenoxy) is 1. The summed E-state index contributed by atoms with van der Waals surface area (Å²) >= 11 is 0. The molecule has 0 saturated carbocycles. The molecule has 0 atom stereocenters. The van der Waals surface area contributed by atoms with Gasteiger partial charge in [0, 0.05) is 52.0 Å². The Morgan fingerprint density at radius 1 is 1.14 bits per heavy atom. The summed E-state index contributed by atoms with van der Waals surface area (Å²) in [5, 5.41) is 3.39. The molecule has 6 heteroatoms. The Kier molecular flexibility index (Phi) is 9.98. The Morgan fingerprint density at radius 3 is 2.38 bits per heavy atom. The Labute approximate surface area is 176 Å². The number of nitrogens with one attached hydrogen (secondary N) is 1. The van der Waals surface area contributed by atoms with Crippen LogP contribution in [0.4, 0.5) is 0 Å². The Hall–Kier alpha value is -2.08. The van der Waals surface area contributed by atoms with Crippen molar-refractivity contribution in [2.24, 2.45) is 10.9 Å². The van der Waals surface area contributed by atoms with Gasteiger partial charge in [0.25, 0.3) is 5.91 Å². The van der Waals surface area contributed by atoms with Crippen LogP contribution in [0.25, 0.3) is 0 Å². The van der Waals surface area contributed by atoms with Crippen molar-refractivity contribution >= 4 is 11.9 Å². The van der Waals surface area contributed by atoms with Crippen LogP contribution in [-0.2, 0) is 11.3 Å². The van der Waals surface area contributed by atoms with E-state index in [0.29, 0.717) is 6.54 Å². The Morgan fingerprint density at radius 2 is 1.79 bits per heavy atom. The maximum Gasteiger partial charge on any atom is 0.253 e. The third kappa shape index (κ3) is 7.35. The van der Waals surface area contributed by atoms with Gasteiger partial charge in [-0.3, -0.25) is 4.79 Å². The van der Waals surface area contributed by atoms with Crippen LogP contribution in [0.1, 0.15) is 56.0 Å². The smallest absolute Gasteiger partial charge is 0.253 e. The molecule has 6 nitrogen and oxygen atoms in total. The molecule has 1 fully saturated rings. The second-order valence-electron chi connectivity index (χ2n) is 7.61. The number of carbonyl (C=O) groups is 1. The molecule has 0 radical (unpaired) electrons. The average Bonchev–Trinajstić information content (AvgIpc) is 2.76. The van der Waals surface area contributed by atoms with Gasteiger partial charge in [0.05, 0.1) is 6.54 Å². The SMILES string of the molecule is CCNC(=NCc1ccc(C(=O)N(CC)CC)cc1)N(C)CCC1CCOCC1. The van der Waals surface area contributed by atoms with Gasteiger partial charge in [-0.15, -0.1) is 0 Å². The van der Waals surface area contributed by atoms with Crippen molar-refractivity contribution in [3.05, 3.63) is 35.4 Å². The number of benzene rings is 1. The van der Waals surface area contributed by atoms with Gasteiger partial charge in [-0.1, -0.05) is 12.1 Å². The van der Waals surface area contributed by atoms with Crippen molar-refractivity contribution < 1.29 is 9.53 Å². The molecule has 0 unspecified atom stereocenters. The Balaban J connectivity index is 1.93. The molecule has 1 aliphatic rings. The predicted octanol–water partition coefficient (Wildman–Crippen LogP) is 3.38. The molecule has 1 saturated heterocycles. The lowest BCUT2D eigenvalue weighted by atomic mass is 9.96. The number of rotatable bonds is 9. The van der Waals surface area contributed by atoms with Crippen molar-refractivity contribution in [1.82, 2.24) is 15.1 Å². The summed E-state index contributed by atoms with van der Waals surface area (Å²) in [5.74, 6) is 1.78. The first kappa shape index (κ1) is 23.2. The van der Waals surface area contributed by atoms with Gasteiger partial charge in [0.1, 0.15) is 0 Å². The van der Waals surface area contributed by atoms with E-state index in [4.69, 9.17) is 9.73 Å². The largest absolute Gasteiger partial charge is 0.381 e. The fourth-order valence-corrected chi connectivity index (χ4v) is 3.60. The van der Waals surface area contributed by atoms with Gasteiger partial charge < -0.3 is 19.9 Å². The quantitative estimate of drug-likeness (QED) is 0.508. The molecule has 162 valence electrons. The van der Waals surface area contributed by atoms with Crippen molar-refractivity contribution in [3.63, 3.8) is 0 Å². The van der Waals surface area contributed by atoms with Gasteiger partial charge in [0.2, 0.25) is 0 Å². The third-order valence-corrected chi connectivity index (χ3v) is 5.57. The van der Waals surface area contributed by atoms with Crippen LogP contribution >= 0.6 is 0 Å². The molecule has 1 heterocycles. The van der Waals surface area contributed by atoms with Crippen LogP contribution in [0.5, 0.6) is 0 Å². The van der Waals surface area contributed by atoms with E-state index >= 15 is 0 Å². The van der Waals surface area contributed by atoms with Crippen molar-refractivity contribution in [2.75, 3.05) is 46.4 Å². The lowest BCUT2D eigenvalue weighted by Gasteiger charge is -2.26. The molecule has 29 heavy (non-hydrogen) atoms. The zero-order chi connectivity index (χ0) is 21.1. The summed E-state index contributed by atoms with van der Waals surface area (Å²) < 4.78 is 5.46. The Bertz CT molecular complexity index is 635. The van der Waals surface area contributed by atoms with Crippen molar-refractivity contribution in [2.45, 2.75) is 46.6 Å². The molecule has 0 spiro atoms. The monoisotopic (exact) mass is 402 g/mol. The van der Waals surface area contributed by atoms with E-state index in [9.17, 15) is 4.79 Å². The molecule has 1 aliphatic heterocycles. The normalized spacial score (nSPS) is 15.2. The van der Waals surface area contributed by atoms with E-state index in [2.05, 4.69) is 24.2 Å². The van der Waals surface area contributed by atoms with E-state index in [1.54, 1.807) is 0 Å². The van der Waals surface area contributed by atoms with Crippen LogP contribution in [-0.4, -0.2) is 68.1 Å². The molecule has 1 aromatic rings. The third-order valence-electron chi connectivity index (χ3n) is 5.57. The van der Waals surface area contributed by atoms with Crippen LogP contribution in [0.2, 0.25) is 0 Å². The highest BCUT2D eigenvalue weighted by Gasteiger charge is 2.15. The van der Waals surface area contributed by atoms with Gasteiger partial charge in [-0.25, -0.2) is 4.99 Å². The van der Waals surface area contributed by atoms with Gasteiger partial charge in [-0.05, 0) is 63.6 Å². The molecular weight excluding hydrogens is 364 g/mol. The summed E-state index contributed by atoms with van der Waals surface area (Å²) in [6.07, 6.45) is 3.51. The number of hydrogen-bond acceptors (Lipinski definition) is 3. The highest BCUT2D eigenvalue weighted by Crippen LogP contribution is 2.18. The highest BCUT2D eigenvalue weighted by molar-refractivity contribution is 5.94. The second-order valence-corrected chi connectivity index (χ2v) is 7.61. The van der Waals surface area contributed by atoms with Gasteiger partial charge in [0.15, 0.2) is 5.96 Å². The molecule has 1 N–H and O–H groups in total. The molecule has 2 rings (SSSR count). The number of aliphatic imine (C=N–C) groups is 1. The van der Waals surface area contributed by atoms with Crippen molar-refractivity contribution in [3.8, 4) is 0 Å². The standard InChI is InChI=1S/C23H38N4O2/c1-5-24-23(26(4)15-12-19-13-16-29-17-14-19)25-18-20-8-10-21(11-9-20)22(28)27(6-2)7-3/h8-11,19H,5-7,12-18H2,1-4H3,(H,24,25). The van der Waals surface area contributed by atoms with E-state index in [-0.39, 0.29) is 5.91 Å². The molecule has 0 aromatic heterocycles. The predicted molar refractivity (Wildman–Crippen MR) is 119 cm³/mol. The molecule has 0 bridgehead atoms. The maximum atomic E-state index is 12.4. The van der Waals surface area contributed by atoms with Gasteiger partial charge >= 0.3 is 0 Å². The zero-order valence-corrected chi connectivity index (χ0v) is 18.6. The van der Waals surface area contributed by atoms with Crippen molar-refractivity contribution in [1.29, 1.82) is 0 Å². The fourth-order valence-electron chi connectivity index (χ4n) is 3.60. The summed E-state index contributed by atoms with van der Waals surface area (Å²) in [5.41, 5.74) is 1.84. The summed E-state index contributed by atoms with van der Waals surface area (Å²) in [4.78, 5) is 21.3. The van der Waals surface area contributed by atoms with E-state index in [0.717, 1.165) is 62.4 Å². The minimum absolute atomic E-state index is 0.0891. The number of carbonyl (C=O) groups excluding carboxylic acids is 1. The first-order valence-corrected chi connectivity index (χ1v) is 11.0. The summed E-state index contributed by atoms with van der Waals surface area (Å²) in [7, 11) is 2.10. The minimum Gasteiger partial charge on any atom is -0.381 e. The fraction of sp³-hybridized carbons (Fsp3) is 0.652. The molecule has 0 aliphatic carbocycles. The zero-order valence-electron chi connectivity index (χ0n) is 18.6. The van der Waals surface area contributed by atoms with E-state index in [1.807, 2.05) is 43.0 Å². The number of guanidine groups is 1. The first-order chi connectivity index (χ1) is 14.1. The van der Waals surface area contributed by atoms with E-state index < -0.39 is 0 Å². The maximum absolute atomic E-state index is 12.4. The molecular formula is C23H38N4O2. The lowest BCUT2D eigenvalue weighted by Crippen LogP contribution is -2.40. The second kappa shape index (κ2) is 12.5. The summed E-state index contributed by atoms with van der Waals surface area (Å²) in [6.45, 7) is 11.8. The number of amides is 1. The lowest BCUT2D eigenvalue weighted by molar-refractivity contribution is 0.0625. The topological polar surface area (TPSA) is 57.2 Å². The first-order valence-electron chi connectivity index (χ1n) is 11.0. The van der Waals surface area contributed by atoms with Crippen LogP contribution in [0.15, 0.2) is 29.3 Å². The van der Waals surface area contributed by atoms with Gasteiger partial charge in [-0.2, -0.15) is 0 Å². The average molecular weight is 403 g/mol. The summed E-state index contributed by atoms with van der Waals surface area (Å²) in [6, 6.07) is 7.83. The molecule has 1 amide bonds. The number of hydrogen-bond donors (Lipinski definition) is 1. The van der Waals surface area contributed by atoms with Crippen LogP contribution < -0.4 is 5.32 Å². The van der Waals surface area contributed by atoms with E-state index in [1.165, 1.54) is 19.3 Å². The molecule has 1 aromatic carbocycles. The van der Waals surface area contributed by atoms with Crippen LogP contribution in [0.3, 0.4) is 0 Å². The minimum atomic E-state index is 0.0891. The number of nitrogens with zero attached hydrogens (tertiary/aromatic N) is 3.